The number of rotatable bonds is 6. The van der Waals surface area contributed by atoms with E-state index in [0.717, 1.165) is 39.3 Å². The van der Waals surface area contributed by atoms with Crippen LogP contribution in [0.3, 0.4) is 0 Å². The summed E-state index contributed by atoms with van der Waals surface area (Å²) < 4.78 is 3.64. The van der Waals surface area contributed by atoms with Crippen LogP contribution in [0.1, 0.15) is 0 Å². The molecule has 0 saturated carbocycles. The molecule has 0 atom stereocenters. The topological polar surface area (TPSA) is 30.7 Å². The molecule has 0 saturated heterocycles. The van der Waals surface area contributed by atoms with Crippen molar-refractivity contribution in [1.29, 1.82) is 0 Å². The van der Waals surface area contributed by atoms with Crippen molar-refractivity contribution in [3.8, 4) is 61.2 Å². The first-order valence-electron chi connectivity index (χ1n) is 18.9. The van der Waals surface area contributed by atoms with Gasteiger partial charge in [-0.3, -0.25) is 0 Å². The Morgan fingerprint density at radius 3 is 1.77 bits per heavy atom. The van der Waals surface area contributed by atoms with E-state index in [4.69, 9.17) is 9.97 Å². The van der Waals surface area contributed by atoms with E-state index in [-0.39, 0.29) is 0 Å². The number of nitrogens with zero attached hydrogens (tertiary/aromatic N) is 3. The number of aromatic nitrogens is 3. The fourth-order valence-electron chi connectivity index (χ4n) is 7.98. The molecule has 262 valence electrons. The molecule has 0 amide bonds. The lowest BCUT2D eigenvalue weighted by Crippen LogP contribution is -1.96. The lowest BCUT2D eigenvalue weighted by molar-refractivity contribution is 1.17. The van der Waals surface area contributed by atoms with Gasteiger partial charge in [-0.1, -0.05) is 133 Å². The highest BCUT2D eigenvalue weighted by atomic mass is 32.1. The van der Waals surface area contributed by atoms with Gasteiger partial charge in [0.05, 0.1) is 22.4 Å². The first-order valence-corrected chi connectivity index (χ1v) is 19.7. The minimum absolute atomic E-state index is 0.698. The molecule has 4 heteroatoms. The predicted molar refractivity (Wildman–Crippen MR) is 236 cm³/mol. The average Bonchev–Trinajstić information content (AvgIpc) is 3.86. The molecule has 3 nitrogen and oxygen atoms in total. The second-order valence-corrected chi connectivity index (χ2v) is 15.3. The average molecular weight is 732 g/mol. The quantitative estimate of drug-likeness (QED) is 0.170. The standard InChI is InChI=1S/C52H33N3S/c1-3-11-34(12-4-1)37-23-24-39-30-40(26-25-38(39)29-37)47-33-46(35-19-21-36(22-20-35)51-32-41-13-7-10-18-50(41)56-51)53-52(54-47)42-27-28-49-45(31-42)44-16-8-9-17-48(44)55(49)43-14-5-2-6-15-43/h1-33H. The van der Waals surface area contributed by atoms with Crippen LogP contribution in [0.5, 0.6) is 0 Å². The van der Waals surface area contributed by atoms with Crippen molar-refractivity contribution in [3.05, 3.63) is 200 Å². The maximum Gasteiger partial charge on any atom is 0.160 e. The third-order valence-electron chi connectivity index (χ3n) is 10.8. The van der Waals surface area contributed by atoms with Crippen LogP contribution >= 0.6 is 11.3 Å². The Kier molecular flexibility index (Phi) is 7.68. The molecule has 11 aromatic rings. The lowest BCUT2D eigenvalue weighted by atomic mass is 9.98. The van der Waals surface area contributed by atoms with Crippen LogP contribution in [0.25, 0.3) is 104 Å². The summed E-state index contributed by atoms with van der Waals surface area (Å²) >= 11 is 1.83. The summed E-state index contributed by atoms with van der Waals surface area (Å²) in [6, 6.07) is 71.5. The summed E-state index contributed by atoms with van der Waals surface area (Å²) in [4.78, 5) is 11.8. The fraction of sp³-hybridized carbons (Fsp3) is 0. The zero-order valence-corrected chi connectivity index (χ0v) is 31.1. The van der Waals surface area contributed by atoms with Gasteiger partial charge >= 0.3 is 0 Å². The van der Waals surface area contributed by atoms with E-state index in [9.17, 15) is 0 Å². The van der Waals surface area contributed by atoms with Gasteiger partial charge in [0.2, 0.25) is 0 Å². The highest BCUT2D eigenvalue weighted by Gasteiger charge is 2.16. The zero-order chi connectivity index (χ0) is 37.0. The van der Waals surface area contributed by atoms with Gasteiger partial charge in [-0.15, -0.1) is 11.3 Å². The van der Waals surface area contributed by atoms with Gasteiger partial charge in [0.1, 0.15) is 0 Å². The number of hydrogen-bond donors (Lipinski definition) is 0. The smallest absolute Gasteiger partial charge is 0.160 e. The van der Waals surface area contributed by atoms with Crippen molar-refractivity contribution in [2.24, 2.45) is 0 Å². The van der Waals surface area contributed by atoms with Crippen molar-refractivity contribution in [2.45, 2.75) is 0 Å². The molecule has 56 heavy (non-hydrogen) atoms. The first kappa shape index (κ1) is 32.3. The molecule has 3 heterocycles. The number of fused-ring (bicyclic) bond motifs is 5. The molecule has 0 spiro atoms. The highest BCUT2D eigenvalue weighted by molar-refractivity contribution is 7.22. The molecule has 0 N–H and O–H groups in total. The number of para-hydroxylation sites is 2. The van der Waals surface area contributed by atoms with E-state index in [0.29, 0.717) is 5.82 Å². The van der Waals surface area contributed by atoms with Gasteiger partial charge in [-0.05, 0) is 99.6 Å². The largest absolute Gasteiger partial charge is 0.309 e. The molecule has 0 unspecified atom stereocenters. The van der Waals surface area contributed by atoms with E-state index >= 15 is 0 Å². The second kappa shape index (κ2) is 13.3. The van der Waals surface area contributed by atoms with Gasteiger partial charge < -0.3 is 4.57 Å². The number of hydrogen-bond acceptors (Lipinski definition) is 3. The number of thiophene rings is 1. The summed E-state index contributed by atoms with van der Waals surface area (Å²) in [5.41, 5.74) is 11.9. The van der Waals surface area contributed by atoms with E-state index in [2.05, 4.69) is 205 Å². The Morgan fingerprint density at radius 2 is 0.964 bits per heavy atom. The van der Waals surface area contributed by atoms with Crippen molar-refractivity contribution in [3.63, 3.8) is 0 Å². The van der Waals surface area contributed by atoms with Crippen LogP contribution in [0.15, 0.2) is 200 Å². The van der Waals surface area contributed by atoms with Crippen LogP contribution in [0.4, 0.5) is 0 Å². The van der Waals surface area contributed by atoms with Crippen LogP contribution in [-0.4, -0.2) is 14.5 Å². The van der Waals surface area contributed by atoms with Crippen molar-refractivity contribution in [1.82, 2.24) is 14.5 Å². The van der Waals surface area contributed by atoms with Crippen molar-refractivity contribution in [2.75, 3.05) is 0 Å². The Hall–Kier alpha value is -7.14. The van der Waals surface area contributed by atoms with Gasteiger partial charge in [-0.25, -0.2) is 9.97 Å². The predicted octanol–water partition coefficient (Wildman–Crippen LogP) is 14.3. The van der Waals surface area contributed by atoms with E-state index in [1.165, 1.54) is 58.7 Å². The Balaban J connectivity index is 1.05. The molecule has 0 fully saturated rings. The third-order valence-corrected chi connectivity index (χ3v) is 12.0. The fourth-order valence-corrected chi connectivity index (χ4v) is 9.05. The summed E-state index contributed by atoms with van der Waals surface area (Å²) in [5, 5.41) is 6.02. The van der Waals surface area contributed by atoms with Crippen LogP contribution in [-0.2, 0) is 0 Å². The van der Waals surface area contributed by atoms with Gasteiger partial charge in [-0.2, -0.15) is 0 Å². The van der Waals surface area contributed by atoms with Gasteiger partial charge in [0.15, 0.2) is 5.82 Å². The second-order valence-electron chi connectivity index (χ2n) is 14.3. The van der Waals surface area contributed by atoms with Crippen molar-refractivity contribution >= 4 is 54.0 Å². The highest BCUT2D eigenvalue weighted by Crippen LogP contribution is 2.38. The molecule has 0 radical (unpaired) electrons. The molecular weight excluding hydrogens is 699 g/mol. The molecule has 0 bridgehead atoms. The van der Waals surface area contributed by atoms with Crippen LogP contribution in [0, 0.1) is 0 Å². The van der Waals surface area contributed by atoms with Crippen LogP contribution < -0.4 is 0 Å². The molecule has 0 aliphatic heterocycles. The normalized spacial score (nSPS) is 11.6. The zero-order valence-electron chi connectivity index (χ0n) is 30.3. The third kappa shape index (κ3) is 5.67. The lowest BCUT2D eigenvalue weighted by Gasteiger charge is -2.12. The molecule has 11 rings (SSSR count). The van der Waals surface area contributed by atoms with E-state index in [1.54, 1.807) is 0 Å². The maximum atomic E-state index is 5.30. The minimum Gasteiger partial charge on any atom is -0.309 e. The van der Waals surface area contributed by atoms with E-state index in [1.807, 2.05) is 11.3 Å². The van der Waals surface area contributed by atoms with Gasteiger partial charge in [0.25, 0.3) is 0 Å². The monoisotopic (exact) mass is 731 g/mol. The summed E-state index contributed by atoms with van der Waals surface area (Å²) in [6.45, 7) is 0. The molecule has 8 aromatic carbocycles. The molecule has 0 aliphatic rings. The molecular formula is C52H33N3S. The van der Waals surface area contributed by atoms with Gasteiger partial charge in [0, 0.05) is 42.7 Å². The van der Waals surface area contributed by atoms with Crippen LogP contribution in [0.2, 0.25) is 0 Å². The van der Waals surface area contributed by atoms with Crippen molar-refractivity contribution < 1.29 is 0 Å². The van der Waals surface area contributed by atoms with E-state index < -0.39 is 0 Å². The SMILES string of the molecule is c1ccc(-c2ccc3cc(-c4cc(-c5ccc(-c6cc7ccccc7s6)cc5)nc(-c5ccc6c(c5)c5ccccc5n6-c5ccccc5)n4)ccc3c2)cc1. The maximum absolute atomic E-state index is 5.30. The Morgan fingerprint density at radius 1 is 0.357 bits per heavy atom. The number of benzene rings is 8. The summed E-state index contributed by atoms with van der Waals surface area (Å²) in [6.07, 6.45) is 0. The minimum atomic E-state index is 0.698. The summed E-state index contributed by atoms with van der Waals surface area (Å²) in [7, 11) is 0. The molecule has 3 aromatic heterocycles. The first-order chi connectivity index (χ1) is 27.7. The Bertz CT molecular complexity index is 3200. The molecule has 0 aliphatic carbocycles. The Labute approximate surface area is 328 Å². The summed E-state index contributed by atoms with van der Waals surface area (Å²) in [5.74, 6) is 0.698.